The molecule has 15 heavy (non-hydrogen) atoms. The maximum absolute atomic E-state index is 12.5. The van der Waals surface area contributed by atoms with Crippen LogP contribution in [0, 0.1) is 5.41 Å². The van der Waals surface area contributed by atoms with Gasteiger partial charge in [0.2, 0.25) is 0 Å². The molecule has 0 aromatic heterocycles. The van der Waals surface area contributed by atoms with Crippen molar-refractivity contribution in [1.82, 2.24) is 5.32 Å². The standard InChI is InChI=1S/C9H13F4NO/c1-2-8(3-4-8)5-14-7(15)9(12,13)6(10)11/h6H,2-5H2,1H3,(H,14,15). The predicted molar refractivity (Wildman–Crippen MR) is 45.9 cm³/mol. The van der Waals surface area contributed by atoms with Crippen molar-refractivity contribution in [2.45, 2.75) is 38.5 Å². The highest BCUT2D eigenvalue weighted by molar-refractivity contribution is 5.83. The van der Waals surface area contributed by atoms with Crippen LogP contribution in [0.1, 0.15) is 26.2 Å². The van der Waals surface area contributed by atoms with Gasteiger partial charge in [0.1, 0.15) is 0 Å². The molecule has 88 valence electrons. The summed E-state index contributed by atoms with van der Waals surface area (Å²) in [6, 6.07) is 0. The summed E-state index contributed by atoms with van der Waals surface area (Å²) in [4.78, 5) is 10.8. The van der Waals surface area contributed by atoms with E-state index in [0.717, 1.165) is 19.3 Å². The third-order valence-electron chi connectivity index (χ3n) is 2.91. The molecule has 0 radical (unpaired) electrons. The second-order valence-electron chi connectivity index (χ2n) is 3.96. The Morgan fingerprint density at radius 1 is 1.47 bits per heavy atom. The lowest BCUT2D eigenvalue weighted by Gasteiger charge is -2.18. The van der Waals surface area contributed by atoms with E-state index >= 15 is 0 Å². The van der Waals surface area contributed by atoms with Gasteiger partial charge in [0.25, 0.3) is 5.91 Å². The molecule has 1 rings (SSSR count). The van der Waals surface area contributed by atoms with E-state index in [9.17, 15) is 22.4 Å². The Balaban J connectivity index is 2.42. The molecule has 0 aromatic rings. The third-order valence-corrected chi connectivity index (χ3v) is 2.91. The quantitative estimate of drug-likeness (QED) is 0.717. The lowest BCUT2D eigenvalue weighted by molar-refractivity contribution is -0.169. The van der Waals surface area contributed by atoms with Crippen molar-refractivity contribution in [1.29, 1.82) is 0 Å². The van der Waals surface area contributed by atoms with Crippen LogP contribution in [0.5, 0.6) is 0 Å². The Labute approximate surface area is 85.0 Å². The minimum absolute atomic E-state index is 0.0602. The zero-order chi connectivity index (χ0) is 11.7. The van der Waals surface area contributed by atoms with E-state index in [1.165, 1.54) is 0 Å². The maximum Gasteiger partial charge on any atom is 0.383 e. The molecule has 0 atom stereocenters. The lowest BCUT2D eigenvalue weighted by Crippen LogP contribution is -2.46. The third kappa shape index (κ3) is 2.60. The highest BCUT2D eigenvalue weighted by atomic mass is 19.3. The van der Waals surface area contributed by atoms with E-state index in [4.69, 9.17) is 0 Å². The highest BCUT2D eigenvalue weighted by Gasteiger charge is 2.50. The van der Waals surface area contributed by atoms with Crippen molar-refractivity contribution in [3.63, 3.8) is 0 Å². The molecular weight excluding hydrogens is 214 g/mol. The number of alkyl halides is 4. The van der Waals surface area contributed by atoms with Crippen LogP contribution in [0.25, 0.3) is 0 Å². The van der Waals surface area contributed by atoms with Crippen molar-refractivity contribution < 1.29 is 22.4 Å². The highest BCUT2D eigenvalue weighted by Crippen LogP contribution is 2.47. The largest absolute Gasteiger partial charge is 0.383 e. The monoisotopic (exact) mass is 227 g/mol. The first-order valence-corrected chi connectivity index (χ1v) is 4.78. The van der Waals surface area contributed by atoms with E-state index in [2.05, 4.69) is 0 Å². The number of rotatable bonds is 5. The molecule has 1 saturated carbocycles. The van der Waals surface area contributed by atoms with Gasteiger partial charge in [0, 0.05) is 6.54 Å². The van der Waals surface area contributed by atoms with Crippen LogP contribution in [-0.4, -0.2) is 24.8 Å². The maximum atomic E-state index is 12.5. The first-order chi connectivity index (χ1) is 6.84. The van der Waals surface area contributed by atoms with Gasteiger partial charge < -0.3 is 5.32 Å². The van der Waals surface area contributed by atoms with Gasteiger partial charge in [-0.3, -0.25) is 4.79 Å². The first kappa shape index (κ1) is 12.3. The molecule has 2 nitrogen and oxygen atoms in total. The topological polar surface area (TPSA) is 29.1 Å². The number of nitrogens with one attached hydrogen (secondary N) is 1. The van der Waals surface area contributed by atoms with Crippen molar-refractivity contribution in [2.24, 2.45) is 5.41 Å². The van der Waals surface area contributed by atoms with Crippen LogP contribution in [0.15, 0.2) is 0 Å². The second-order valence-corrected chi connectivity index (χ2v) is 3.96. The molecule has 0 spiro atoms. The van der Waals surface area contributed by atoms with Crippen LogP contribution < -0.4 is 5.32 Å². The van der Waals surface area contributed by atoms with Crippen molar-refractivity contribution >= 4 is 5.91 Å². The van der Waals surface area contributed by atoms with Gasteiger partial charge in [-0.05, 0) is 24.7 Å². The van der Waals surface area contributed by atoms with Crippen molar-refractivity contribution in [3.8, 4) is 0 Å². The Morgan fingerprint density at radius 2 is 2.00 bits per heavy atom. The zero-order valence-electron chi connectivity index (χ0n) is 8.33. The van der Waals surface area contributed by atoms with Gasteiger partial charge in [-0.25, -0.2) is 8.78 Å². The average molecular weight is 227 g/mol. The summed E-state index contributed by atoms with van der Waals surface area (Å²) >= 11 is 0. The smallest absolute Gasteiger partial charge is 0.350 e. The summed E-state index contributed by atoms with van der Waals surface area (Å²) in [6.45, 7) is 1.94. The Hall–Kier alpha value is -0.810. The molecule has 1 aliphatic rings. The Kier molecular flexibility index (Phi) is 3.25. The molecular formula is C9H13F4NO. The van der Waals surface area contributed by atoms with E-state index in [-0.39, 0.29) is 12.0 Å². The fraction of sp³-hybridized carbons (Fsp3) is 0.889. The SMILES string of the molecule is CCC1(CNC(=O)C(F)(F)C(F)F)CC1. The van der Waals surface area contributed by atoms with Gasteiger partial charge in [0.05, 0.1) is 0 Å². The number of carbonyl (C=O) groups is 1. The molecule has 0 unspecified atom stereocenters. The summed E-state index contributed by atoms with van der Waals surface area (Å²) in [6.07, 6.45) is -1.49. The van der Waals surface area contributed by atoms with Gasteiger partial charge >= 0.3 is 12.3 Å². The Bertz CT molecular complexity index is 250. The molecule has 1 amide bonds. The molecule has 0 heterocycles. The molecule has 0 aliphatic heterocycles. The summed E-state index contributed by atoms with van der Waals surface area (Å²) in [7, 11) is 0. The van der Waals surface area contributed by atoms with Crippen LogP contribution >= 0.6 is 0 Å². The Morgan fingerprint density at radius 3 is 2.33 bits per heavy atom. The predicted octanol–water partition coefficient (Wildman–Crippen LogP) is 2.19. The normalized spacial score (nSPS) is 19.1. The van der Waals surface area contributed by atoms with E-state index < -0.39 is 18.3 Å². The number of amides is 1. The van der Waals surface area contributed by atoms with Crippen molar-refractivity contribution in [2.75, 3.05) is 6.54 Å². The van der Waals surface area contributed by atoms with E-state index in [1.807, 2.05) is 12.2 Å². The van der Waals surface area contributed by atoms with Crippen LogP contribution in [-0.2, 0) is 4.79 Å². The number of carbonyl (C=O) groups excluding carboxylic acids is 1. The molecule has 1 fully saturated rings. The summed E-state index contributed by atoms with van der Waals surface area (Å²) in [5, 5.41) is 1.89. The van der Waals surface area contributed by atoms with Gasteiger partial charge in [-0.1, -0.05) is 6.92 Å². The number of halogens is 4. The average Bonchev–Trinajstić information content (AvgIpc) is 2.94. The van der Waals surface area contributed by atoms with Gasteiger partial charge in [-0.15, -0.1) is 0 Å². The van der Waals surface area contributed by atoms with Crippen LogP contribution in [0.4, 0.5) is 17.6 Å². The molecule has 1 N–H and O–H groups in total. The number of hydrogen-bond acceptors (Lipinski definition) is 1. The molecule has 6 heteroatoms. The fourth-order valence-electron chi connectivity index (χ4n) is 1.32. The molecule has 0 aromatic carbocycles. The van der Waals surface area contributed by atoms with Gasteiger partial charge in [0.15, 0.2) is 0 Å². The van der Waals surface area contributed by atoms with Crippen LogP contribution in [0.3, 0.4) is 0 Å². The second kappa shape index (κ2) is 3.98. The minimum atomic E-state index is -4.58. The first-order valence-electron chi connectivity index (χ1n) is 4.78. The summed E-state index contributed by atoms with van der Waals surface area (Å²) in [5.41, 5.74) is -0.131. The summed E-state index contributed by atoms with van der Waals surface area (Å²) < 4.78 is 48.5. The fourth-order valence-corrected chi connectivity index (χ4v) is 1.32. The lowest BCUT2D eigenvalue weighted by atomic mass is 10.0. The van der Waals surface area contributed by atoms with Crippen molar-refractivity contribution in [3.05, 3.63) is 0 Å². The molecule has 0 bridgehead atoms. The molecule has 1 aliphatic carbocycles. The summed E-state index contributed by atoms with van der Waals surface area (Å²) in [5.74, 6) is -6.46. The van der Waals surface area contributed by atoms with E-state index in [1.54, 1.807) is 0 Å². The van der Waals surface area contributed by atoms with Crippen LogP contribution in [0.2, 0.25) is 0 Å². The van der Waals surface area contributed by atoms with E-state index in [0.29, 0.717) is 0 Å². The zero-order valence-corrected chi connectivity index (χ0v) is 8.33. The molecule has 0 saturated heterocycles. The number of hydrogen-bond donors (Lipinski definition) is 1. The minimum Gasteiger partial charge on any atom is -0.350 e. The van der Waals surface area contributed by atoms with Gasteiger partial charge in [-0.2, -0.15) is 8.78 Å².